The summed E-state index contributed by atoms with van der Waals surface area (Å²) in [7, 11) is 0. The van der Waals surface area contributed by atoms with Crippen molar-refractivity contribution in [3.8, 4) is 23.0 Å². The molecule has 3 amide bonds. The van der Waals surface area contributed by atoms with Crippen molar-refractivity contribution in [2.24, 2.45) is 0 Å². The van der Waals surface area contributed by atoms with Crippen molar-refractivity contribution in [3.05, 3.63) is 60.0 Å². The van der Waals surface area contributed by atoms with Crippen LogP contribution in [-0.2, 0) is 16.9 Å². The first kappa shape index (κ1) is 17.2. The van der Waals surface area contributed by atoms with Crippen molar-refractivity contribution in [2.75, 3.05) is 6.79 Å². The largest absolute Gasteiger partial charge is 0.454 e. The predicted octanol–water partition coefficient (Wildman–Crippen LogP) is 2.43. The number of imide groups is 1. The summed E-state index contributed by atoms with van der Waals surface area (Å²) in [5, 5.41) is 10.7. The molecule has 0 aliphatic carbocycles. The first-order valence-corrected chi connectivity index (χ1v) is 8.97. The summed E-state index contributed by atoms with van der Waals surface area (Å²) in [6, 6.07) is 13.9. The number of carbonyl (C=O) groups is 2. The van der Waals surface area contributed by atoms with Crippen LogP contribution in [0.1, 0.15) is 18.4 Å². The van der Waals surface area contributed by atoms with E-state index in [4.69, 9.17) is 13.9 Å². The molecule has 0 spiro atoms. The molecule has 3 heterocycles. The molecule has 1 fully saturated rings. The van der Waals surface area contributed by atoms with E-state index < -0.39 is 17.5 Å². The van der Waals surface area contributed by atoms with Gasteiger partial charge in [0.05, 0.1) is 0 Å². The van der Waals surface area contributed by atoms with Crippen LogP contribution in [0.4, 0.5) is 4.79 Å². The number of nitrogens with zero attached hydrogens (tertiary/aromatic N) is 3. The van der Waals surface area contributed by atoms with Crippen LogP contribution in [0.3, 0.4) is 0 Å². The predicted molar refractivity (Wildman–Crippen MR) is 98.7 cm³/mol. The molecule has 0 bridgehead atoms. The minimum Gasteiger partial charge on any atom is -0.454 e. The monoisotopic (exact) mass is 392 g/mol. The number of benzene rings is 2. The van der Waals surface area contributed by atoms with E-state index in [9.17, 15) is 9.59 Å². The molecule has 0 unspecified atom stereocenters. The Morgan fingerprint density at radius 1 is 1.07 bits per heavy atom. The molecule has 2 aliphatic heterocycles. The number of carbonyl (C=O) groups excluding carboxylic acids is 2. The normalized spacial score (nSPS) is 20.2. The van der Waals surface area contributed by atoms with Gasteiger partial charge in [-0.05, 0) is 36.8 Å². The zero-order valence-electron chi connectivity index (χ0n) is 15.4. The maximum atomic E-state index is 13.1. The number of hydrogen-bond donors (Lipinski definition) is 1. The zero-order chi connectivity index (χ0) is 20.0. The molecule has 9 heteroatoms. The van der Waals surface area contributed by atoms with Crippen LogP contribution in [0.15, 0.2) is 52.9 Å². The first-order valence-electron chi connectivity index (χ1n) is 8.97. The van der Waals surface area contributed by atoms with Gasteiger partial charge in [0.1, 0.15) is 12.1 Å². The third-order valence-electron chi connectivity index (χ3n) is 5.01. The van der Waals surface area contributed by atoms with Gasteiger partial charge in [0.2, 0.25) is 18.6 Å². The lowest BCUT2D eigenvalue weighted by Crippen LogP contribution is -2.40. The number of amides is 3. The van der Waals surface area contributed by atoms with E-state index >= 15 is 0 Å². The highest BCUT2D eigenvalue weighted by atomic mass is 16.7. The van der Waals surface area contributed by atoms with Gasteiger partial charge in [-0.2, -0.15) is 0 Å². The minimum absolute atomic E-state index is 0.120. The maximum absolute atomic E-state index is 13.1. The molecule has 5 rings (SSSR count). The third kappa shape index (κ3) is 2.78. The SMILES string of the molecule is C[C@@]1(c2ccc3c(c2)OCO3)NC(=O)N(Cc2nnc(-c3ccccc3)o2)C1=O. The Morgan fingerprint density at radius 2 is 1.86 bits per heavy atom. The van der Waals surface area contributed by atoms with Gasteiger partial charge in [-0.3, -0.25) is 9.69 Å². The van der Waals surface area contributed by atoms with Crippen molar-refractivity contribution in [3.63, 3.8) is 0 Å². The van der Waals surface area contributed by atoms with Crippen LogP contribution in [0.2, 0.25) is 0 Å². The minimum atomic E-state index is -1.24. The van der Waals surface area contributed by atoms with E-state index in [1.54, 1.807) is 25.1 Å². The van der Waals surface area contributed by atoms with Gasteiger partial charge < -0.3 is 19.2 Å². The molecule has 1 N–H and O–H groups in total. The quantitative estimate of drug-likeness (QED) is 0.680. The Morgan fingerprint density at radius 3 is 2.69 bits per heavy atom. The van der Waals surface area contributed by atoms with Crippen molar-refractivity contribution < 1.29 is 23.5 Å². The number of nitrogens with one attached hydrogen (secondary N) is 1. The van der Waals surface area contributed by atoms with Crippen LogP contribution < -0.4 is 14.8 Å². The highest BCUT2D eigenvalue weighted by molar-refractivity contribution is 6.07. The lowest BCUT2D eigenvalue weighted by molar-refractivity contribution is -0.131. The standard InChI is InChI=1S/C20H16N4O5/c1-20(13-7-8-14-15(9-13)28-11-27-14)18(25)24(19(26)21-20)10-16-22-23-17(29-16)12-5-3-2-4-6-12/h2-9H,10-11H2,1H3,(H,21,26)/t20-/m0/s1. The van der Waals surface area contributed by atoms with Gasteiger partial charge in [-0.25, -0.2) is 4.79 Å². The molecule has 29 heavy (non-hydrogen) atoms. The number of rotatable bonds is 4. The summed E-state index contributed by atoms with van der Waals surface area (Å²) in [5.74, 6) is 1.22. The Balaban J connectivity index is 1.39. The second-order valence-electron chi connectivity index (χ2n) is 6.88. The summed E-state index contributed by atoms with van der Waals surface area (Å²) >= 11 is 0. The third-order valence-corrected chi connectivity index (χ3v) is 5.01. The van der Waals surface area contributed by atoms with Gasteiger partial charge >= 0.3 is 6.03 Å². The van der Waals surface area contributed by atoms with Crippen molar-refractivity contribution in [1.82, 2.24) is 20.4 Å². The van der Waals surface area contributed by atoms with Crippen molar-refractivity contribution >= 4 is 11.9 Å². The van der Waals surface area contributed by atoms with Gasteiger partial charge in [0.15, 0.2) is 11.5 Å². The van der Waals surface area contributed by atoms with Crippen molar-refractivity contribution in [2.45, 2.75) is 19.0 Å². The second-order valence-corrected chi connectivity index (χ2v) is 6.88. The van der Waals surface area contributed by atoms with Crippen LogP contribution in [-0.4, -0.2) is 33.8 Å². The Hall–Kier alpha value is -3.88. The molecule has 1 atom stereocenters. The Labute approximate surface area is 165 Å². The van der Waals surface area contributed by atoms with E-state index in [2.05, 4.69) is 15.5 Å². The summed E-state index contributed by atoms with van der Waals surface area (Å²) in [4.78, 5) is 26.7. The molecule has 1 saturated heterocycles. The van der Waals surface area contributed by atoms with E-state index in [1.165, 1.54) is 0 Å². The van der Waals surface area contributed by atoms with Gasteiger partial charge in [-0.1, -0.05) is 24.3 Å². The van der Waals surface area contributed by atoms with E-state index in [0.29, 0.717) is 23.0 Å². The lowest BCUT2D eigenvalue weighted by atomic mass is 9.91. The molecule has 146 valence electrons. The number of urea groups is 1. The molecule has 1 aromatic heterocycles. The van der Waals surface area contributed by atoms with Crippen LogP contribution in [0.5, 0.6) is 11.5 Å². The van der Waals surface area contributed by atoms with Crippen LogP contribution in [0, 0.1) is 0 Å². The lowest BCUT2D eigenvalue weighted by Gasteiger charge is -2.22. The smallest absolute Gasteiger partial charge is 0.325 e. The Bertz CT molecular complexity index is 1110. The highest BCUT2D eigenvalue weighted by Crippen LogP contribution is 2.38. The molecule has 0 saturated carbocycles. The average Bonchev–Trinajstić information content (AvgIpc) is 3.44. The molecule has 9 nitrogen and oxygen atoms in total. The summed E-state index contributed by atoms with van der Waals surface area (Å²) in [6.07, 6.45) is 0. The van der Waals surface area contributed by atoms with Gasteiger partial charge in [-0.15, -0.1) is 10.2 Å². The summed E-state index contributed by atoms with van der Waals surface area (Å²) in [6.45, 7) is 1.65. The van der Waals surface area contributed by atoms with Crippen molar-refractivity contribution in [1.29, 1.82) is 0 Å². The molecular weight excluding hydrogens is 376 g/mol. The Kier molecular flexibility index (Phi) is 3.76. The first-order chi connectivity index (χ1) is 14.0. The van der Waals surface area contributed by atoms with Crippen LogP contribution >= 0.6 is 0 Å². The van der Waals surface area contributed by atoms with E-state index in [0.717, 1.165) is 10.5 Å². The van der Waals surface area contributed by atoms with Crippen LogP contribution in [0.25, 0.3) is 11.5 Å². The van der Waals surface area contributed by atoms with E-state index in [-0.39, 0.29) is 19.2 Å². The topological polar surface area (TPSA) is 107 Å². The zero-order valence-corrected chi connectivity index (χ0v) is 15.4. The second kappa shape index (κ2) is 6.33. The molecule has 2 aliphatic rings. The summed E-state index contributed by atoms with van der Waals surface area (Å²) in [5.41, 5.74) is 0.118. The number of fused-ring (bicyclic) bond motifs is 1. The molecule has 0 radical (unpaired) electrons. The van der Waals surface area contributed by atoms with Gasteiger partial charge in [0.25, 0.3) is 5.91 Å². The maximum Gasteiger partial charge on any atom is 0.325 e. The number of hydrogen-bond acceptors (Lipinski definition) is 7. The fourth-order valence-corrected chi connectivity index (χ4v) is 3.39. The molecule has 3 aromatic rings. The molecular formula is C20H16N4O5. The average molecular weight is 392 g/mol. The van der Waals surface area contributed by atoms with E-state index in [1.807, 2.05) is 30.3 Å². The van der Waals surface area contributed by atoms with Gasteiger partial charge in [0, 0.05) is 5.56 Å². The summed E-state index contributed by atoms with van der Waals surface area (Å²) < 4.78 is 16.3. The highest BCUT2D eigenvalue weighted by Gasteiger charge is 2.49. The number of aromatic nitrogens is 2. The fourth-order valence-electron chi connectivity index (χ4n) is 3.39. The number of ether oxygens (including phenoxy) is 2. The fraction of sp³-hybridized carbons (Fsp3) is 0.200. The molecule has 2 aromatic carbocycles.